The number of nitrogens with zero attached hydrogens (tertiary/aromatic N) is 3. The third kappa shape index (κ3) is 2.50. The number of carbonyl (C=O) groups excluding carboxylic acids is 1. The normalized spacial score (nSPS) is 12.0. The molecule has 0 unspecified atom stereocenters. The van der Waals surface area contributed by atoms with Crippen LogP contribution in [0.3, 0.4) is 0 Å². The largest absolute Gasteiger partial charge is 0.463 e. The Kier molecular flexibility index (Phi) is 3.18. The molecule has 3 aromatic heterocycles. The van der Waals surface area contributed by atoms with Gasteiger partial charge in [-0.3, -0.25) is 4.79 Å². The highest BCUT2D eigenvalue weighted by molar-refractivity contribution is 6.67. The van der Waals surface area contributed by atoms with E-state index in [0.29, 0.717) is 0 Å². The number of hydrogen-bond acceptors (Lipinski definition) is 4. The third-order valence-electron chi connectivity index (χ3n) is 2.69. The van der Waals surface area contributed by atoms with Crippen molar-refractivity contribution in [3.63, 3.8) is 0 Å². The quantitative estimate of drug-likeness (QED) is 0.542. The maximum atomic E-state index is 13.5. The molecule has 0 amide bonds. The smallest absolute Gasteiger partial charge is 0.364 e. The maximum absolute atomic E-state index is 13.5. The summed E-state index contributed by atoms with van der Waals surface area (Å²) in [5.41, 5.74) is -0.716. The molecular formula is C12H5Cl2F2N3O2. The first kappa shape index (κ1) is 14.0. The van der Waals surface area contributed by atoms with Crippen molar-refractivity contribution in [2.24, 2.45) is 0 Å². The van der Waals surface area contributed by atoms with Crippen molar-refractivity contribution in [3.8, 4) is 11.5 Å². The van der Waals surface area contributed by atoms with Gasteiger partial charge in [-0.2, -0.15) is 13.9 Å². The van der Waals surface area contributed by atoms with Crippen molar-refractivity contribution < 1.29 is 18.0 Å². The molecule has 9 heteroatoms. The van der Waals surface area contributed by atoms with Gasteiger partial charge in [-0.05, 0) is 41.4 Å². The van der Waals surface area contributed by atoms with Crippen molar-refractivity contribution >= 4 is 34.1 Å². The topological polar surface area (TPSA) is 60.4 Å². The molecule has 0 aliphatic carbocycles. The average Bonchev–Trinajstić information content (AvgIpc) is 3.05. The average molecular weight is 332 g/mol. The lowest BCUT2D eigenvalue weighted by molar-refractivity contribution is 0.0870. The summed E-state index contributed by atoms with van der Waals surface area (Å²) in [6, 6.07) is 5.37. The Morgan fingerprint density at radius 1 is 1.38 bits per heavy atom. The van der Waals surface area contributed by atoms with E-state index in [0.717, 1.165) is 10.6 Å². The maximum Gasteiger partial charge on any atom is 0.364 e. The van der Waals surface area contributed by atoms with Crippen LogP contribution in [0, 0.1) is 0 Å². The van der Waals surface area contributed by atoms with Crippen LogP contribution in [0.15, 0.2) is 34.9 Å². The molecule has 0 bridgehead atoms. The summed E-state index contributed by atoms with van der Waals surface area (Å²) in [7, 11) is 0. The zero-order chi connectivity index (χ0) is 15.2. The number of aromatic nitrogens is 3. The minimum absolute atomic E-state index is 0.00299. The molecule has 0 aliphatic rings. The lowest BCUT2D eigenvalue weighted by atomic mass is 10.2. The molecule has 21 heavy (non-hydrogen) atoms. The highest BCUT2D eigenvalue weighted by Gasteiger charge is 2.33. The molecule has 0 aliphatic heterocycles. The molecule has 0 atom stereocenters. The lowest BCUT2D eigenvalue weighted by Gasteiger charge is -2.11. The van der Waals surface area contributed by atoms with Crippen LogP contribution in [0.2, 0.25) is 0 Å². The number of alkyl halides is 3. The highest BCUT2D eigenvalue weighted by atomic mass is 35.5. The Morgan fingerprint density at radius 2 is 2.14 bits per heavy atom. The van der Waals surface area contributed by atoms with Crippen LogP contribution in [-0.4, -0.2) is 19.8 Å². The van der Waals surface area contributed by atoms with Gasteiger partial charge in [-0.1, -0.05) is 0 Å². The van der Waals surface area contributed by atoms with E-state index in [-0.39, 0.29) is 22.8 Å². The Hall–Kier alpha value is -1.99. The van der Waals surface area contributed by atoms with E-state index in [1.165, 1.54) is 12.3 Å². The first-order chi connectivity index (χ1) is 9.86. The second-order valence-corrected chi connectivity index (χ2v) is 4.89. The minimum Gasteiger partial charge on any atom is -0.463 e. The number of halogens is 4. The fourth-order valence-electron chi connectivity index (χ4n) is 1.82. The van der Waals surface area contributed by atoms with Crippen molar-refractivity contribution in [2.45, 2.75) is 5.38 Å². The van der Waals surface area contributed by atoms with Crippen molar-refractivity contribution in [1.82, 2.24) is 14.6 Å². The van der Waals surface area contributed by atoms with E-state index in [9.17, 15) is 13.6 Å². The first-order valence-corrected chi connectivity index (χ1v) is 6.33. The van der Waals surface area contributed by atoms with E-state index in [4.69, 9.17) is 27.6 Å². The molecule has 0 spiro atoms. The van der Waals surface area contributed by atoms with E-state index in [1.54, 1.807) is 12.1 Å². The van der Waals surface area contributed by atoms with Gasteiger partial charge in [-0.25, -0.2) is 9.50 Å². The van der Waals surface area contributed by atoms with E-state index in [2.05, 4.69) is 10.1 Å². The number of fused-ring (bicyclic) bond motifs is 1. The zero-order valence-corrected chi connectivity index (χ0v) is 11.6. The number of furan rings is 1. The van der Waals surface area contributed by atoms with Crippen LogP contribution in [0.25, 0.3) is 17.1 Å². The summed E-state index contributed by atoms with van der Waals surface area (Å²) in [5.74, 6) is 0.277. The summed E-state index contributed by atoms with van der Waals surface area (Å²) >= 11 is 10.4. The summed E-state index contributed by atoms with van der Waals surface area (Å²) in [6.45, 7) is 0. The molecule has 5 nitrogen and oxygen atoms in total. The van der Waals surface area contributed by atoms with Gasteiger partial charge < -0.3 is 4.42 Å². The molecule has 0 aromatic carbocycles. The fraction of sp³-hybridized carbons (Fsp3) is 0.0833. The van der Waals surface area contributed by atoms with Crippen LogP contribution in [0.5, 0.6) is 0 Å². The second kappa shape index (κ2) is 4.78. The Morgan fingerprint density at radius 3 is 2.71 bits per heavy atom. The predicted octanol–water partition coefficient (Wildman–Crippen LogP) is 3.66. The van der Waals surface area contributed by atoms with Crippen LogP contribution in [0.1, 0.15) is 16.2 Å². The molecule has 0 radical (unpaired) electrons. The molecule has 0 saturated carbocycles. The van der Waals surface area contributed by atoms with Gasteiger partial charge in [0, 0.05) is 6.07 Å². The number of hydrogen-bond donors (Lipinski definition) is 0. The van der Waals surface area contributed by atoms with Gasteiger partial charge in [0.15, 0.2) is 11.4 Å². The van der Waals surface area contributed by atoms with E-state index in [1.807, 2.05) is 0 Å². The standard InChI is InChI=1S/C12H5Cl2F2N3O2/c13-11(20)7-5-10-17-6(8-2-1-3-21-8)4-9(12(14,15)16)19(10)18-7/h1-5H. The number of carbonyl (C=O) groups is 1. The molecule has 3 heterocycles. The molecular weight excluding hydrogens is 327 g/mol. The molecule has 3 aromatic rings. The molecule has 0 N–H and O–H groups in total. The Labute approximate surface area is 126 Å². The van der Waals surface area contributed by atoms with E-state index >= 15 is 0 Å². The van der Waals surface area contributed by atoms with E-state index < -0.39 is 16.3 Å². The van der Waals surface area contributed by atoms with Gasteiger partial charge in [0.25, 0.3) is 5.24 Å². The fourth-order valence-corrected chi connectivity index (χ4v) is 2.05. The highest BCUT2D eigenvalue weighted by Crippen LogP contribution is 2.34. The van der Waals surface area contributed by atoms with Crippen molar-refractivity contribution in [3.05, 3.63) is 41.9 Å². The molecule has 108 valence electrons. The second-order valence-electron chi connectivity index (χ2n) is 4.07. The summed E-state index contributed by atoms with van der Waals surface area (Å²) in [6.07, 6.45) is 1.38. The summed E-state index contributed by atoms with van der Waals surface area (Å²) < 4.78 is 33.0. The van der Waals surface area contributed by atoms with Crippen LogP contribution in [0.4, 0.5) is 8.78 Å². The molecule has 3 rings (SSSR count). The first-order valence-electron chi connectivity index (χ1n) is 5.58. The lowest BCUT2D eigenvalue weighted by Crippen LogP contribution is -2.12. The molecule has 0 fully saturated rings. The van der Waals surface area contributed by atoms with Gasteiger partial charge in [0.2, 0.25) is 0 Å². The van der Waals surface area contributed by atoms with Crippen molar-refractivity contribution in [1.29, 1.82) is 0 Å². The minimum atomic E-state index is -3.71. The Bertz CT molecular complexity index is 825. The molecule has 0 saturated heterocycles. The van der Waals surface area contributed by atoms with Crippen molar-refractivity contribution in [2.75, 3.05) is 0 Å². The van der Waals surface area contributed by atoms with Gasteiger partial charge in [-0.15, -0.1) is 0 Å². The Balaban J connectivity index is 2.32. The van der Waals surface area contributed by atoms with Gasteiger partial charge in [0.05, 0.1) is 6.26 Å². The summed E-state index contributed by atoms with van der Waals surface area (Å²) in [5, 5.41) is -0.914. The monoisotopic (exact) mass is 331 g/mol. The van der Waals surface area contributed by atoms with Gasteiger partial charge >= 0.3 is 5.38 Å². The number of rotatable bonds is 3. The van der Waals surface area contributed by atoms with Crippen LogP contribution < -0.4 is 0 Å². The third-order valence-corrected chi connectivity index (χ3v) is 3.08. The zero-order valence-electron chi connectivity index (χ0n) is 10.1. The SMILES string of the molecule is O=C(Cl)c1cc2nc(-c3ccco3)cc(C(F)(F)Cl)n2n1. The van der Waals surface area contributed by atoms with Gasteiger partial charge in [0.1, 0.15) is 17.1 Å². The predicted molar refractivity (Wildman–Crippen MR) is 70.6 cm³/mol. The van der Waals surface area contributed by atoms with Crippen LogP contribution in [-0.2, 0) is 5.38 Å². The van der Waals surface area contributed by atoms with Crippen LogP contribution >= 0.6 is 23.2 Å². The summed E-state index contributed by atoms with van der Waals surface area (Å²) in [4.78, 5) is 15.2.